The van der Waals surface area contributed by atoms with Gasteiger partial charge in [-0.25, -0.2) is 0 Å². The van der Waals surface area contributed by atoms with Crippen LogP contribution >= 0.6 is 11.3 Å². The monoisotopic (exact) mass is 290 g/mol. The number of thiazole rings is 1. The van der Waals surface area contributed by atoms with Crippen molar-refractivity contribution in [2.45, 2.75) is 19.4 Å². The minimum absolute atomic E-state index is 0.274. The molecule has 0 aliphatic carbocycles. The van der Waals surface area contributed by atoms with Crippen LogP contribution in [0.2, 0.25) is 0 Å². The molecule has 3 rings (SSSR count). The molecule has 0 amide bonds. The summed E-state index contributed by atoms with van der Waals surface area (Å²) in [6.07, 6.45) is 2.88. The zero-order valence-corrected chi connectivity index (χ0v) is 12.3. The summed E-state index contributed by atoms with van der Waals surface area (Å²) in [5.41, 5.74) is 3.10. The van der Waals surface area contributed by atoms with Gasteiger partial charge in [0.05, 0.1) is 5.51 Å². The quantitative estimate of drug-likeness (QED) is 0.919. The standard InChI is InChI=1S/C15H18N2O2S/c1-2-17-13(8-12-9-16-10-20-12)11-3-4-14-15(7-11)19-6-5-18-14/h3-4,7,9-10,13,17H,2,5-6,8H2,1H3. The summed E-state index contributed by atoms with van der Waals surface area (Å²) in [5.74, 6) is 1.69. The highest BCUT2D eigenvalue weighted by molar-refractivity contribution is 7.09. The maximum Gasteiger partial charge on any atom is 0.161 e. The van der Waals surface area contributed by atoms with Gasteiger partial charge in [-0.3, -0.25) is 4.98 Å². The smallest absolute Gasteiger partial charge is 0.161 e. The fraction of sp³-hybridized carbons (Fsp3) is 0.400. The highest BCUT2D eigenvalue weighted by Crippen LogP contribution is 2.33. The van der Waals surface area contributed by atoms with E-state index in [0.717, 1.165) is 24.5 Å². The highest BCUT2D eigenvalue weighted by atomic mass is 32.1. The first-order chi connectivity index (χ1) is 9.86. The van der Waals surface area contributed by atoms with E-state index < -0.39 is 0 Å². The van der Waals surface area contributed by atoms with E-state index in [2.05, 4.69) is 29.4 Å². The second kappa shape index (κ2) is 6.24. The van der Waals surface area contributed by atoms with E-state index in [1.54, 1.807) is 11.3 Å². The number of aromatic nitrogens is 1. The van der Waals surface area contributed by atoms with E-state index in [4.69, 9.17) is 9.47 Å². The maximum absolute atomic E-state index is 5.67. The van der Waals surface area contributed by atoms with Crippen molar-refractivity contribution in [3.05, 3.63) is 40.3 Å². The molecular weight excluding hydrogens is 272 g/mol. The lowest BCUT2D eigenvalue weighted by atomic mass is 10.0. The molecule has 1 aliphatic rings. The number of hydrogen-bond acceptors (Lipinski definition) is 5. The van der Waals surface area contributed by atoms with E-state index in [-0.39, 0.29) is 6.04 Å². The first kappa shape index (κ1) is 13.4. The fourth-order valence-electron chi connectivity index (χ4n) is 2.38. The summed E-state index contributed by atoms with van der Waals surface area (Å²) in [5, 5.41) is 3.53. The molecule has 0 saturated heterocycles. The molecule has 1 aromatic heterocycles. The molecule has 1 aromatic carbocycles. The van der Waals surface area contributed by atoms with Crippen molar-refractivity contribution in [1.82, 2.24) is 10.3 Å². The normalized spacial score (nSPS) is 15.1. The number of rotatable bonds is 5. The van der Waals surface area contributed by atoms with Gasteiger partial charge >= 0.3 is 0 Å². The number of nitrogens with zero attached hydrogens (tertiary/aromatic N) is 1. The van der Waals surface area contributed by atoms with Gasteiger partial charge in [0.2, 0.25) is 0 Å². The summed E-state index contributed by atoms with van der Waals surface area (Å²) in [6.45, 7) is 4.30. The van der Waals surface area contributed by atoms with Gasteiger partial charge in [-0.2, -0.15) is 0 Å². The number of fused-ring (bicyclic) bond motifs is 1. The lowest BCUT2D eigenvalue weighted by Gasteiger charge is -2.22. The van der Waals surface area contributed by atoms with Gasteiger partial charge in [-0.1, -0.05) is 13.0 Å². The van der Waals surface area contributed by atoms with E-state index in [1.165, 1.54) is 10.4 Å². The SMILES string of the molecule is CCNC(Cc1cncs1)c1ccc2c(c1)OCCO2. The molecule has 0 spiro atoms. The Morgan fingerprint density at radius 2 is 2.15 bits per heavy atom. The molecule has 106 valence electrons. The molecular formula is C15H18N2O2S. The molecule has 0 saturated carbocycles. The predicted molar refractivity (Wildman–Crippen MR) is 79.7 cm³/mol. The van der Waals surface area contributed by atoms with Gasteiger partial charge in [0, 0.05) is 23.5 Å². The summed E-state index contributed by atoms with van der Waals surface area (Å²) >= 11 is 1.69. The van der Waals surface area contributed by atoms with Crippen LogP contribution in [-0.4, -0.2) is 24.7 Å². The molecule has 2 aromatic rings. The van der Waals surface area contributed by atoms with Crippen molar-refractivity contribution in [3.8, 4) is 11.5 Å². The molecule has 4 nitrogen and oxygen atoms in total. The Kier molecular flexibility index (Phi) is 4.18. The molecule has 20 heavy (non-hydrogen) atoms. The van der Waals surface area contributed by atoms with Crippen LogP contribution in [0.4, 0.5) is 0 Å². The van der Waals surface area contributed by atoms with E-state index >= 15 is 0 Å². The Balaban J connectivity index is 1.83. The molecule has 1 N–H and O–H groups in total. The first-order valence-electron chi connectivity index (χ1n) is 6.87. The Bertz CT molecular complexity index is 557. The minimum Gasteiger partial charge on any atom is -0.486 e. The number of nitrogens with one attached hydrogen (secondary N) is 1. The Morgan fingerprint density at radius 3 is 2.90 bits per heavy atom. The van der Waals surface area contributed by atoms with Crippen molar-refractivity contribution in [2.24, 2.45) is 0 Å². The predicted octanol–water partition coefficient (Wildman–Crippen LogP) is 2.81. The summed E-state index contributed by atoms with van der Waals surface area (Å²) < 4.78 is 11.2. The van der Waals surface area contributed by atoms with E-state index in [0.29, 0.717) is 13.2 Å². The van der Waals surface area contributed by atoms with Crippen LogP contribution in [0.15, 0.2) is 29.9 Å². The van der Waals surface area contributed by atoms with Crippen molar-refractivity contribution >= 4 is 11.3 Å². The Labute approximate surface area is 122 Å². The maximum atomic E-state index is 5.67. The Morgan fingerprint density at radius 1 is 1.30 bits per heavy atom. The zero-order valence-electron chi connectivity index (χ0n) is 11.5. The van der Waals surface area contributed by atoms with Crippen molar-refractivity contribution in [2.75, 3.05) is 19.8 Å². The minimum atomic E-state index is 0.274. The molecule has 2 heterocycles. The summed E-state index contributed by atoms with van der Waals surface area (Å²) in [7, 11) is 0. The lowest BCUT2D eigenvalue weighted by molar-refractivity contribution is 0.171. The number of likely N-dealkylation sites (N-methyl/N-ethyl adjacent to an activating group) is 1. The second-order valence-corrected chi connectivity index (χ2v) is 5.66. The van der Waals surface area contributed by atoms with Crippen LogP contribution < -0.4 is 14.8 Å². The molecule has 0 radical (unpaired) electrons. The molecule has 1 unspecified atom stereocenters. The largest absolute Gasteiger partial charge is 0.486 e. The van der Waals surface area contributed by atoms with E-state index in [1.807, 2.05) is 17.8 Å². The Hall–Kier alpha value is -1.59. The van der Waals surface area contributed by atoms with Crippen molar-refractivity contribution in [3.63, 3.8) is 0 Å². The van der Waals surface area contributed by atoms with Gasteiger partial charge in [-0.15, -0.1) is 11.3 Å². The van der Waals surface area contributed by atoms with Crippen LogP contribution in [0.5, 0.6) is 11.5 Å². The molecule has 0 fully saturated rings. The van der Waals surface area contributed by atoms with Gasteiger partial charge in [0.25, 0.3) is 0 Å². The van der Waals surface area contributed by atoms with Crippen LogP contribution in [0.3, 0.4) is 0 Å². The summed E-state index contributed by atoms with van der Waals surface area (Å²) in [6, 6.07) is 6.47. The number of benzene rings is 1. The van der Waals surface area contributed by atoms with Crippen LogP contribution in [0.25, 0.3) is 0 Å². The van der Waals surface area contributed by atoms with Crippen molar-refractivity contribution in [1.29, 1.82) is 0 Å². The molecule has 1 atom stereocenters. The third kappa shape index (κ3) is 2.94. The van der Waals surface area contributed by atoms with Crippen LogP contribution in [-0.2, 0) is 6.42 Å². The highest BCUT2D eigenvalue weighted by Gasteiger charge is 2.17. The summed E-state index contributed by atoms with van der Waals surface area (Å²) in [4.78, 5) is 5.43. The number of hydrogen-bond donors (Lipinski definition) is 1. The average Bonchev–Trinajstić information content (AvgIpc) is 2.99. The van der Waals surface area contributed by atoms with Gasteiger partial charge in [0.15, 0.2) is 11.5 Å². The van der Waals surface area contributed by atoms with Gasteiger partial charge < -0.3 is 14.8 Å². The van der Waals surface area contributed by atoms with Gasteiger partial charge in [-0.05, 0) is 24.2 Å². The topological polar surface area (TPSA) is 43.4 Å². The molecule has 1 aliphatic heterocycles. The third-order valence-corrected chi connectivity index (χ3v) is 4.11. The van der Waals surface area contributed by atoms with Crippen molar-refractivity contribution < 1.29 is 9.47 Å². The zero-order chi connectivity index (χ0) is 13.8. The molecule has 5 heteroatoms. The lowest BCUT2D eigenvalue weighted by Crippen LogP contribution is -2.23. The van der Waals surface area contributed by atoms with Crippen LogP contribution in [0, 0.1) is 0 Å². The first-order valence-corrected chi connectivity index (χ1v) is 7.75. The fourth-order valence-corrected chi connectivity index (χ4v) is 3.02. The molecule has 0 bridgehead atoms. The van der Waals surface area contributed by atoms with Crippen LogP contribution in [0.1, 0.15) is 23.4 Å². The van der Waals surface area contributed by atoms with Gasteiger partial charge in [0.1, 0.15) is 13.2 Å². The third-order valence-electron chi connectivity index (χ3n) is 3.31. The second-order valence-electron chi connectivity index (χ2n) is 4.69. The van der Waals surface area contributed by atoms with E-state index in [9.17, 15) is 0 Å². The average molecular weight is 290 g/mol. The number of ether oxygens (including phenoxy) is 2.